The Morgan fingerprint density at radius 3 is 2.32 bits per heavy atom. The minimum atomic E-state index is 0.787. The van der Waals surface area contributed by atoms with E-state index < -0.39 is 0 Å². The van der Waals surface area contributed by atoms with Crippen molar-refractivity contribution in [2.75, 3.05) is 47.4 Å². The molecule has 4 nitrogen and oxygen atoms in total. The first-order valence-corrected chi connectivity index (χ1v) is 7.27. The van der Waals surface area contributed by atoms with Gasteiger partial charge in [-0.25, -0.2) is 0 Å². The number of fused-ring (bicyclic) bond motifs is 1. The number of nitrogens with zero attached hydrogens (tertiary/aromatic N) is 2. The van der Waals surface area contributed by atoms with Gasteiger partial charge in [0, 0.05) is 25.7 Å². The highest BCUT2D eigenvalue weighted by atomic mass is 16.5. The van der Waals surface area contributed by atoms with Crippen LogP contribution in [0.2, 0.25) is 0 Å². The van der Waals surface area contributed by atoms with Crippen LogP contribution in [-0.4, -0.2) is 63.3 Å². The van der Waals surface area contributed by atoms with Gasteiger partial charge in [0.1, 0.15) is 11.5 Å². The first-order valence-electron chi connectivity index (χ1n) is 7.27. The van der Waals surface area contributed by atoms with E-state index in [2.05, 4.69) is 23.9 Å². The Hall–Kier alpha value is -0.740. The van der Waals surface area contributed by atoms with Crippen molar-refractivity contribution in [3.63, 3.8) is 0 Å². The summed E-state index contributed by atoms with van der Waals surface area (Å²) in [6, 6.07) is 0.849. The maximum absolute atomic E-state index is 5.67. The van der Waals surface area contributed by atoms with Gasteiger partial charge in [-0.15, -0.1) is 0 Å². The van der Waals surface area contributed by atoms with Crippen LogP contribution in [0.5, 0.6) is 0 Å². The van der Waals surface area contributed by atoms with Gasteiger partial charge in [0.25, 0.3) is 0 Å². The van der Waals surface area contributed by atoms with Crippen molar-refractivity contribution in [1.82, 2.24) is 9.80 Å². The number of likely N-dealkylation sites (tertiary alicyclic amines) is 1. The molecule has 1 saturated carbocycles. The third kappa shape index (κ3) is 3.42. The van der Waals surface area contributed by atoms with Gasteiger partial charge in [-0.05, 0) is 46.2 Å². The van der Waals surface area contributed by atoms with Crippen molar-refractivity contribution >= 4 is 0 Å². The van der Waals surface area contributed by atoms with Gasteiger partial charge in [-0.3, -0.25) is 0 Å². The van der Waals surface area contributed by atoms with Crippen LogP contribution >= 0.6 is 0 Å². The summed E-state index contributed by atoms with van der Waals surface area (Å²) in [7, 11) is 6.09. The first kappa shape index (κ1) is 14.7. The third-order valence-corrected chi connectivity index (χ3v) is 4.56. The van der Waals surface area contributed by atoms with E-state index in [1.54, 1.807) is 7.11 Å². The van der Waals surface area contributed by atoms with Gasteiger partial charge in [-0.1, -0.05) is 0 Å². The second kappa shape index (κ2) is 6.14. The zero-order chi connectivity index (χ0) is 14.0. The average Bonchev–Trinajstić information content (AvgIpc) is 2.91. The van der Waals surface area contributed by atoms with Crippen molar-refractivity contribution in [2.24, 2.45) is 11.8 Å². The molecule has 1 aliphatic heterocycles. The molecule has 0 N–H and O–H groups in total. The van der Waals surface area contributed by atoms with Crippen LogP contribution in [0.3, 0.4) is 0 Å². The topological polar surface area (TPSA) is 24.9 Å². The number of hydrogen-bond acceptors (Lipinski definition) is 4. The highest BCUT2D eigenvalue weighted by Gasteiger charge is 2.56. The van der Waals surface area contributed by atoms with E-state index in [-0.39, 0.29) is 0 Å². The number of methoxy groups -OCH3 is 1. The third-order valence-electron chi connectivity index (χ3n) is 4.56. The molecule has 4 heteroatoms. The van der Waals surface area contributed by atoms with Crippen molar-refractivity contribution in [2.45, 2.75) is 26.3 Å². The number of allylic oxidation sites excluding steroid dienone is 2. The second-order valence-electron chi connectivity index (χ2n) is 6.06. The van der Waals surface area contributed by atoms with E-state index in [4.69, 9.17) is 9.47 Å². The molecule has 2 aliphatic rings. The van der Waals surface area contributed by atoms with Crippen molar-refractivity contribution in [3.05, 3.63) is 11.5 Å². The van der Waals surface area contributed by atoms with Gasteiger partial charge in [0.05, 0.1) is 13.7 Å². The molecule has 2 unspecified atom stereocenters. The predicted molar refractivity (Wildman–Crippen MR) is 76.8 cm³/mol. The molecule has 19 heavy (non-hydrogen) atoms. The molecule has 2 rings (SSSR count). The van der Waals surface area contributed by atoms with Crippen LogP contribution in [0.1, 0.15) is 20.3 Å². The van der Waals surface area contributed by atoms with Crippen molar-refractivity contribution in [3.8, 4) is 0 Å². The number of hydrogen-bond donors (Lipinski definition) is 0. The first-order chi connectivity index (χ1) is 9.04. The molecule has 1 aliphatic carbocycles. The number of rotatable bonds is 7. The molecule has 2 atom stereocenters. The summed E-state index contributed by atoms with van der Waals surface area (Å²) in [6.07, 6.45) is 1.10. The second-order valence-corrected chi connectivity index (χ2v) is 6.06. The van der Waals surface area contributed by atoms with Gasteiger partial charge in [0.15, 0.2) is 0 Å². The Balaban J connectivity index is 1.57. The lowest BCUT2D eigenvalue weighted by Gasteiger charge is -2.21. The maximum Gasteiger partial charge on any atom is 0.130 e. The molecular weight excluding hydrogens is 240 g/mol. The lowest BCUT2D eigenvalue weighted by Crippen LogP contribution is -2.31. The molecule has 0 aromatic rings. The van der Waals surface area contributed by atoms with E-state index in [0.29, 0.717) is 0 Å². The largest absolute Gasteiger partial charge is 0.498 e. The van der Waals surface area contributed by atoms with Gasteiger partial charge < -0.3 is 19.3 Å². The van der Waals surface area contributed by atoms with E-state index in [0.717, 1.165) is 49.0 Å². The standard InChI is InChI=1S/C15H28N2O2/c1-11(18-5)12(2)19-8-6-7-17-9-13-14(10-17)15(13)16(3)4/h13-15H,6-10H2,1-5H3. The van der Waals surface area contributed by atoms with Crippen LogP contribution in [0, 0.1) is 11.8 Å². The predicted octanol–water partition coefficient (Wildman–Crippen LogP) is 1.78. The smallest absolute Gasteiger partial charge is 0.130 e. The Morgan fingerprint density at radius 2 is 1.79 bits per heavy atom. The van der Waals surface area contributed by atoms with Crippen LogP contribution < -0.4 is 0 Å². The minimum absolute atomic E-state index is 0.787. The van der Waals surface area contributed by atoms with Gasteiger partial charge in [0.2, 0.25) is 0 Å². The zero-order valence-electron chi connectivity index (χ0n) is 13.0. The minimum Gasteiger partial charge on any atom is -0.498 e. The van der Waals surface area contributed by atoms with E-state index in [9.17, 15) is 0 Å². The Labute approximate surface area is 117 Å². The average molecular weight is 268 g/mol. The van der Waals surface area contributed by atoms with E-state index in [1.807, 2.05) is 13.8 Å². The summed E-state index contributed by atoms with van der Waals surface area (Å²) in [5.41, 5.74) is 0. The highest BCUT2D eigenvalue weighted by Crippen LogP contribution is 2.47. The Bertz CT molecular complexity index is 329. The van der Waals surface area contributed by atoms with Crippen LogP contribution in [-0.2, 0) is 9.47 Å². The summed E-state index contributed by atoms with van der Waals surface area (Å²) in [4.78, 5) is 4.97. The highest BCUT2D eigenvalue weighted by molar-refractivity contribution is 5.09. The van der Waals surface area contributed by atoms with Crippen LogP contribution in [0.25, 0.3) is 0 Å². The summed E-state index contributed by atoms with van der Waals surface area (Å²) in [5.74, 6) is 3.62. The summed E-state index contributed by atoms with van der Waals surface area (Å²) in [5, 5.41) is 0. The molecular formula is C15H28N2O2. The van der Waals surface area contributed by atoms with Crippen molar-refractivity contribution in [1.29, 1.82) is 0 Å². The van der Waals surface area contributed by atoms with Crippen LogP contribution in [0.15, 0.2) is 11.5 Å². The molecule has 0 radical (unpaired) electrons. The van der Waals surface area contributed by atoms with E-state index >= 15 is 0 Å². The molecule has 0 amide bonds. The van der Waals surface area contributed by atoms with Gasteiger partial charge >= 0.3 is 0 Å². The Kier molecular flexibility index (Phi) is 4.74. The fraction of sp³-hybridized carbons (Fsp3) is 0.867. The normalized spacial score (nSPS) is 31.2. The molecule has 0 aromatic heterocycles. The fourth-order valence-corrected chi connectivity index (χ4v) is 3.29. The van der Waals surface area contributed by atoms with Crippen molar-refractivity contribution < 1.29 is 9.47 Å². The quantitative estimate of drug-likeness (QED) is 0.519. The summed E-state index contributed by atoms with van der Waals surface area (Å²) < 4.78 is 10.8. The number of ether oxygens (including phenoxy) is 2. The lowest BCUT2D eigenvalue weighted by atomic mass is 10.3. The SMILES string of the molecule is COC(C)=C(C)OCCCN1CC2C(C1)C2N(C)C. The number of piperidine rings is 1. The Morgan fingerprint density at radius 1 is 1.16 bits per heavy atom. The monoisotopic (exact) mass is 268 g/mol. The molecule has 110 valence electrons. The van der Waals surface area contributed by atoms with Gasteiger partial charge in [-0.2, -0.15) is 0 Å². The maximum atomic E-state index is 5.67. The molecule has 0 bridgehead atoms. The molecule has 1 heterocycles. The molecule has 1 saturated heterocycles. The summed E-state index contributed by atoms with van der Waals surface area (Å²) >= 11 is 0. The van der Waals surface area contributed by atoms with E-state index in [1.165, 1.54) is 13.1 Å². The summed E-state index contributed by atoms with van der Waals surface area (Å²) in [6.45, 7) is 8.40. The van der Waals surface area contributed by atoms with Crippen LogP contribution in [0.4, 0.5) is 0 Å². The lowest BCUT2D eigenvalue weighted by molar-refractivity contribution is 0.161. The zero-order valence-corrected chi connectivity index (χ0v) is 13.0. The molecule has 0 spiro atoms. The molecule has 2 fully saturated rings. The molecule has 0 aromatic carbocycles. The fourth-order valence-electron chi connectivity index (χ4n) is 3.29.